The molecule has 146 valence electrons. The molecule has 10 heteroatoms. The number of hydrogen-bond acceptors (Lipinski definition) is 8. The van der Waals surface area contributed by atoms with Crippen molar-refractivity contribution in [2.45, 2.75) is 11.7 Å². The lowest BCUT2D eigenvalue weighted by Crippen LogP contribution is -2.24. The van der Waals surface area contributed by atoms with E-state index in [9.17, 15) is 9.90 Å². The van der Waals surface area contributed by atoms with Gasteiger partial charge >= 0.3 is 0 Å². The molecule has 0 radical (unpaired) electrons. The van der Waals surface area contributed by atoms with Crippen LogP contribution in [0.2, 0.25) is 0 Å². The summed E-state index contributed by atoms with van der Waals surface area (Å²) in [6, 6.07) is 11.9. The molecule has 0 fully saturated rings. The minimum absolute atomic E-state index is 0.153. The largest absolute Gasteiger partial charge is 0.508 e. The second kappa shape index (κ2) is 9.09. The number of nitrogens with one attached hydrogen (secondary N) is 1. The summed E-state index contributed by atoms with van der Waals surface area (Å²) in [6.45, 7) is 0.364. The number of rotatable bonds is 8. The SMILES string of the molecule is COc1ccc(CNC(=O)CSc2nnnn2-c2ccc(O)cc2)cc1OC. The van der Waals surface area contributed by atoms with E-state index in [1.807, 2.05) is 12.1 Å². The van der Waals surface area contributed by atoms with E-state index in [0.29, 0.717) is 28.9 Å². The second-order valence-electron chi connectivity index (χ2n) is 5.64. The molecule has 2 N–H and O–H groups in total. The van der Waals surface area contributed by atoms with E-state index in [2.05, 4.69) is 20.8 Å². The van der Waals surface area contributed by atoms with Crippen LogP contribution in [-0.4, -0.2) is 51.2 Å². The number of amides is 1. The first-order chi connectivity index (χ1) is 13.6. The molecule has 0 aliphatic rings. The number of ether oxygens (including phenoxy) is 2. The maximum absolute atomic E-state index is 12.2. The van der Waals surface area contributed by atoms with Gasteiger partial charge in [0.05, 0.1) is 25.7 Å². The van der Waals surface area contributed by atoms with Crippen molar-refractivity contribution in [3.8, 4) is 22.9 Å². The van der Waals surface area contributed by atoms with Gasteiger partial charge in [-0.1, -0.05) is 17.8 Å². The van der Waals surface area contributed by atoms with Crippen LogP contribution in [0, 0.1) is 0 Å². The molecule has 1 heterocycles. The normalized spacial score (nSPS) is 10.5. The van der Waals surface area contributed by atoms with E-state index < -0.39 is 0 Å². The first kappa shape index (κ1) is 19.5. The van der Waals surface area contributed by atoms with Gasteiger partial charge in [0.15, 0.2) is 11.5 Å². The van der Waals surface area contributed by atoms with E-state index in [1.54, 1.807) is 44.6 Å². The highest BCUT2D eigenvalue weighted by molar-refractivity contribution is 7.99. The van der Waals surface area contributed by atoms with E-state index >= 15 is 0 Å². The molecule has 3 aromatic rings. The lowest BCUT2D eigenvalue weighted by Gasteiger charge is -2.10. The third kappa shape index (κ3) is 4.71. The molecule has 0 atom stereocenters. The summed E-state index contributed by atoms with van der Waals surface area (Å²) in [5.41, 5.74) is 1.58. The average molecular weight is 401 g/mol. The van der Waals surface area contributed by atoms with E-state index in [1.165, 1.54) is 16.4 Å². The van der Waals surface area contributed by atoms with Crippen LogP contribution in [0.3, 0.4) is 0 Å². The Morgan fingerprint density at radius 1 is 1.14 bits per heavy atom. The summed E-state index contributed by atoms with van der Waals surface area (Å²) in [7, 11) is 3.14. The van der Waals surface area contributed by atoms with Crippen LogP contribution >= 0.6 is 11.8 Å². The number of thioether (sulfide) groups is 1. The van der Waals surface area contributed by atoms with Crippen molar-refractivity contribution in [2.24, 2.45) is 0 Å². The maximum Gasteiger partial charge on any atom is 0.230 e. The topological polar surface area (TPSA) is 111 Å². The number of tetrazole rings is 1. The smallest absolute Gasteiger partial charge is 0.230 e. The summed E-state index contributed by atoms with van der Waals surface area (Å²) in [5.74, 6) is 1.40. The lowest BCUT2D eigenvalue weighted by molar-refractivity contribution is -0.118. The van der Waals surface area contributed by atoms with Gasteiger partial charge in [-0.2, -0.15) is 4.68 Å². The van der Waals surface area contributed by atoms with Crippen molar-refractivity contribution in [1.82, 2.24) is 25.5 Å². The molecule has 0 bridgehead atoms. The van der Waals surface area contributed by atoms with Gasteiger partial charge in [0.2, 0.25) is 11.1 Å². The Balaban J connectivity index is 1.56. The Labute approximate surface area is 165 Å². The van der Waals surface area contributed by atoms with E-state index in [0.717, 1.165) is 5.56 Å². The van der Waals surface area contributed by atoms with Crippen LogP contribution in [0.15, 0.2) is 47.6 Å². The molecule has 0 aliphatic carbocycles. The fraction of sp³-hybridized carbons (Fsp3) is 0.222. The summed E-state index contributed by atoms with van der Waals surface area (Å²) in [6.07, 6.45) is 0. The van der Waals surface area contributed by atoms with Crippen molar-refractivity contribution in [1.29, 1.82) is 0 Å². The minimum Gasteiger partial charge on any atom is -0.508 e. The quantitative estimate of drug-likeness (QED) is 0.550. The van der Waals surface area contributed by atoms with Crippen molar-refractivity contribution in [2.75, 3.05) is 20.0 Å². The zero-order valence-corrected chi connectivity index (χ0v) is 16.1. The molecule has 9 nitrogen and oxygen atoms in total. The Kier molecular flexibility index (Phi) is 6.33. The van der Waals surface area contributed by atoms with Gasteiger partial charge in [-0.05, 0) is 52.4 Å². The number of aromatic hydroxyl groups is 1. The number of hydrogen-bond donors (Lipinski definition) is 2. The standard InChI is InChI=1S/C18H19N5O4S/c1-26-15-8-3-12(9-16(15)27-2)10-19-17(25)11-28-18-20-21-22-23(18)13-4-6-14(24)7-5-13/h3-9,24H,10-11H2,1-2H3,(H,19,25). The predicted molar refractivity (Wildman–Crippen MR) is 103 cm³/mol. The molecule has 1 amide bonds. The summed E-state index contributed by atoms with van der Waals surface area (Å²) in [5, 5.41) is 24.2. The molecular weight excluding hydrogens is 382 g/mol. The first-order valence-corrected chi connectivity index (χ1v) is 9.27. The molecule has 0 spiro atoms. The molecule has 3 rings (SSSR count). The molecule has 2 aromatic carbocycles. The van der Waals surface area contributed by atoms with Gasteiger partial charge in [0.25, 0.3) is 0 Å². The van der Waals surface area contributed by atoms with Crippen molar-refractivity contribution in [3.05, 3.63) is 48.0 Å². The number of carbonyl (C=O) groups excluding carboxylic acids is 1. The monoisotopic (exact) mass is 401 g/mol. The van der Waals surface area contributed by atoms with Crippen molar-refractivity contribution < 1.29 is 19.4 Å². The number of phenolic OH excluding ortho intramolecular Hbond substituents is 1. The summed E-state index contributed by atoms with van der Waals surface area (Å²) in [4.78, 5) is 12.2. The highest BCUT2D eigenvalue weighted by Gasteiger charge is 2.12. The predicted octanol–water partition coefficient (Wildman–Crippen LogP) is 1.79. The van der Waals surface area contributed by atoms with Gasteiger partial charge in [-0.25, -0.2) is 0 Å². The number of aromatic nitrogens is 4. The first-order valence-electron chi connectivity index (χ1n) is 8.29. The van der Waals surface area contributed by atoms with Gasteiger partial charge in [0.1, 0.15) is 5.75 Å². The zero-order valence-electron chi connectivity index (χ0n) is 15.3. The highest BCUT2D eigenvalue weighted by Crippen LogP contribution is 2.27. The van der Waals surface area contributed by atoms with Crippen LogP contribution in [0.5, 0.6) is 17.2 Å². The minimum atomic E-state index is -0.153. The van der Waals surface area contributed by atoms with Gasteiger partial charge in [-0.3, -0.25) is 4.79 Å². The number of carbonyl (C=O) groups is 1. The van der Waals surface area contributed by atoms with Crippen molar-refractivity contribution >= 4 is 17.7 Å². The highest BCUT2D eigenvalue weighted by atomic mass is 32.2. The second-order valence-corrected chi connectivity index (χ2v) is 6.59. The van der Waals surface area contributed by atoms with Crippen LogP contribution in [0.4, 0.5) is 0 Å². The molecule has 0 aliphatic heterocycles. The summed E-state index contributed by atoms with van der Waals surface area (Å²) >= 11 is 1.22. The lowest BCUT2D eigenvalue weighted by atomic mass is 10.2. The third-order valence-electron chi connectivity index (χ3n) is 3.81. The molecular formula is C18H19N5O4S. The summed E-state index contributed by atoms with van der Waals surface area (Å²) < 4.78 is 12.0. The van der Waals surface area contributed by atoms with Crippen LogP contribution in [-0.2, 0) is 11.3 Å². The average Bonchev–Trinajstić information content (AvgIpc) is 3.19. The Morgan fingerprint density at radius 2 is 1.89 bits per heavy atom. The van der Waals surface area contributed by atoms with Crippen LogP contribution in [0.25, 0.3) is 5.69 Å². The molecule has 0 saturated heterocycles. The molecule has 28 heavy (non-hydrogen) atoms. The molecule has 0 unspecified atom stereocenters. The maximum atomic E-state index is 12.2. The third-order valence-corrected chi connectivity index (χ3v) is 4.72. The fourth-order valence-corrected chi connectivity index (χ4v) is 3.12. The number of methoxy groups -OCH3 is 2. The van der Waals surface area contributed by atoms with Gasteiger partial charge in [0, 0.05) is 6.54 Å². The van der Waals surface area contributed by atoms with Crippen LogP contribution < -0.4 is 14.8 Å². The number of nitrogens with zero attached hydrogens (tertiary/aromatic N) is 4. The Morgan fingerprint density at radius 3 is 2.61 bits per heavy atom. The van der Waals surface area contributed by atoms with Crippen LogP contribution in [0.1, 0.15) is 5.56 Å². The van der Waals surface area contributed by atoms with Crippen molar-refractivity contribution in [3.63, 3.8) is 0 Å². The zero-order chi connectivity index (χ0) is 19.9. The fourth-order valence-electron chi connectivity index (χ4n) is 2.40. The van der Waals surface area contributed by atoms with Gasteiger partial charge in [-0.15, -0.1) is 5.10 Å². The molecule has 0 saturated carbocycles. The Bertz CT molecular complexity index is 945. The number of phenols is 1. The van der Waals surface area contributed by atoms with E-state index in [4.69, 9.17) is 9.47 Å². The molecule has 1 aromatic heterocycles. The number of benzene rings is 2. The van der Waals surface area contributed by atoms with E-state index in [-0.39, 0.29) is 17.4 Å². The van der Waals surface area contributed by atoms with Gasteiger partial charge < -0.3 is 19.9 Å². The Hall–Kier alpha value is -3.27.